The number of likely N-dealkylation sites (tertiary alicyclic amines) is 1. The molecule has 1 fully saturated rings. The van der Waals surface area contributed by atoms with Gasteiger partial charge in [0.25, 0.3) is 0 Å². The van der Waals surface area contributed by atoms with Gasteiger partial charge in [-0.2, -0.15) is 0 Å². The maximum Gasteiger partial charge on any atom is 0.336 e. The molecule has 0 saturated carbocycles. The van der Waals surface area contributed by atoms with Gasteiger partial charge >= 0.3 is 11.6 Å². The van der Waals surface area contributed by atoms with Gasteiger partial charge in [-0.1, -0.05) is 12.2 Å². The minimum absolute atomic E-state index is 0.0181. The van der Waals surface area contributed by atoms with Crippen LogP contribution in [-0.2, 0) is 25.7 Å². The fourth-order valence-corrected chi connectivity index (χ4v) is 4.12. The fourth-order valence-electron chi connectivity index (χ4n) is 4.12. The van der Waals surface area contributed by atoms with Crippen LogP contribution in [0.25, 0.3) is 11.0 Å². The van der Waals surface area contributed by atoms with Gasteiger partial charge in [0.15, 0.2) is 0 Å². The number of esters is 1. The van der Waals surface area contributed by atoms with E-state index in [1.807, 2.05) is 12.2 Å². The fraction of sp³-hybridized carbons (Fsp3) is 0.364. The third kappa shape index (κ3) is 3.18. The van der Waals surface area contributed by atoms with E-state index in [0.29, 0.717) is 29.4 Å². The van der Waals surface area contributed by atoms with Gasteiger partial charge in [-0.3, -0.25) is 14.5 Å². The molecular weight excluding hydrogens is 390 g/mol. The molecule has 2 aromatic rings. The first-order valence-electron chi connectivity index (χ1n) is 9.73. The number of allylic oxidation sites excluding steroid dienone is 2. The number of benzene rings is 1. The van der Waals surface area contributed by atoms with Crippen molar-refractivity contribution in [2.75, 3.05) is 0 Å². The van der Waals surface area contributed by atoms with Gasteiger partial charge in [-0.25, -0.2) is 9.59 Å². The molecule has 0 bridgehead atoms. The van der Waals surface area contributed by atoms with Crippen molar-refractivity contribution in [1.82, 2.24) is 4.90 Å². The van der Waals surface area contributed by atoms with Gasteiger partial charge in [-0.15, -0.1) is 0 Å². The number of hydrogen-bond acceptors (Lipinski definition) is 7. The average Bonchev–Trinajstić information content (AvgIpc) is 2.99. The quantitative estimate of drug-likeness (QED) is 0.355. The van der Waals surface area contributed by atoms with Gasteiger partial charge < -0.3 is 14.3 Å². The summed E-state index contributed by atoms with van der Waals surface area (Å²) in [7, 11) is 0. The SMILES string of the molecule is Cc1c(O)ccc2c(COC(=O)[C@H](C)N3C(=O)[C@@H]4CC=CC[C@H]4C3=O)cc(=O)oc12. The summed E-state index contributed by atoms with van der Waals surface area (Å²) in [4.78, 5) is 50.8. The number of phenolic OH excluding ortho intramolecular Hbond substituents is 1. The van der Waals surface area contributed by atoms with Crippen molar-refractivity contribution in [3.8, 4) is 5.75 Å². The summed E-state index contributed by atoms with van der Waals surface area (Å²) in [5.41, 5.74) is 0.373. The molecule has 1 aromatic heterocycles. The minimum atomic E-state index is -1.06. The molecule has 8 heteroatoms. The summed E-state index contributed by atoms with van der Waals surface area (Å²) < 4.78 is 10.5. The molecule has 1 aliphatic carbocycles. The van der Waals surface area contributed by atoms with Crippen molar-refractivity contribution in [1.29, 1.82) is 0 Å². The van der Waals surface area contributed by atoms with E-state index in [1.54, 1.807) is 13.0 Å². The Balaban J connectivity index is 1.53. The summed E-state index contributed by atoms with van der Waals surface area (Å²) in [5.74, 6) is -2.30. The molecule has 1 N–H and O–H groups in total. The molecule has 2 aliphatic rings. The minimum Gasteiger partial charge on any atom is -0.508 e. The number of aromatic hydroxyl groups is 1. The third-order valence-electron chi connectivity index (χ3n) is 5.86. The molecule has 0 spiro atoms. The van der Waals surface area contributed by atoms with Gasteiger partial charge in [-0.05, 0) is 38.8 Å². The lowest BCUT2D eigenvalue weighted by Crippen LogP contribution is -2.44. The highest BCUT2D eigenvalue weighted by molar-refractivity contribution is 6.08. The van der Waals surface area contributed by atoms with Gasteiger partial charge in [0.1, 0.15) is 24.0 Å². The predicted octanol–water partition coefficient (Wildman–Crippen LogP) is 2.19. The summed E-state index contributed by atoms with van der Waals surface area (Å²) in [5, 5.41) is 10.4. The Hall–Kier alpha value is -3.42. The normalized spacial score (nSPS) is 21.7. The standard InChI is InChI=1S/C22H21NO7/c1-11-17(24)8-7-14-13(9-18(25)30-19(11)14)10-29-22(28)12(2)23-20(26)15-5-3-4-6-16(15)21(23)27/h3-4,7-9,12,15-16,24H,5-6,10H2,1-2H3/t12-,15+,16+/m0/s1. The summed E-state index contributed by atoms with van der Waals surface area (Å²) in [6, 6.07) is 3.18. The van der Waals surface area contributed by atoms with Gasteiger partial charge in [0.2, 0.25) is 11.8 Å². The molecule has 1 aliphatic heterocycles. The number of imide groups is 1. The van der Waals surface area contributed by atoms with E-state index in [1.165, 1.54) is 19.1 Å². The van der Waals surface area contributed by atoms with Crippen LogP contribution in [-0.4, -0.2) is 33.8 Å². The number of nitrogens with zero attached hydrogens (tertiary/aromatic N) is 1. The first-order chi connectivity index (χ1) is 14.3. The van der Waals surface area contributed by atoms with Crippen LogP contribution in [0.15, 0.2) is 39.6 Å². The predicted molar refractivity (Wildman–Crippen MR) is 105 cm³/mol. The molecule has 0 radical (unpaired) electrons. The molecular formula is C22H21NO7. The van der Waals surface area contributed by atoms with Crippen molar-refractivity contribution < 1.29 is 28.6 Å². The van der Waals surface area contributed by atoms with Crippen LogP contribution in [0.1, 0.15) is 30.9 Å². The van der Waals surface area contributed by atoms with Crippen LogP contribution in [0.3, 0.4) is 0 Å². The summed E-state index contributed by atoms with van der Waals surface area (Å²) in [6.07, 6.45) is 4.74. The van der Waals surface area contributed by atoms with Crippen molar-refractivity contribution in [2.24, 2.45) is 11.8 Å². The highest BCUT2D eigenvalue weighted by Crippen LogP contribution is 2.36. The Kier molecular flexibility index (Phi) is 4.93. The molecule has 8 nitrogen and oxygen atoms in total. The first-order valence-corrected chi connectivity index (χ1v) is 9.73. The second kappa shape index (κ2) is 7.44. The van der Waals surface area contributed by atoms with Crippen molar-refractivity contribution in [3.63, 3.8) is 0 Å². The zero-order valence-corrected chi connectivity index (χ0v) is 16.6. The van der Waals surface area contributed by atoms with Crippen molar-refractivity contribution >= 4 is 28.8 Å². The van der Waals surface area contributed by atoms with Crippen LogP contribution in [0.5, 0.6) is 5.75 Å². The molecule has 3 atom stereocenters. The van der Waals surface area contributed by atoms with Gasteiger partial charge in [0, 0.05) is 22.6 Å². The van der Waals surface area contributed by atoms with E-state index in [2.05, 4.69) is 0 Å². The van der Waals surface area contributed by atoms with Crippen LogP contribution in [0.2, 0.25) is 0 Å². The Morgan fingerprint density at radius 3 is 2.47 bits per heavy atom. The largest absolute Gasteiger partial charge is 0.508 e. The Bertz CT molecular complexity index is 1120. The Morgan fingerprint density at radius 1 is 1.20 bits per heavy atom. The second-order valence-corrected chi connectivity index (χ2v) is 7.66. The van der Waals surface area contributed by atoms with Crippen LogP contribution < -0.4 is 5.63 Å². The maximum absolute atomic E-state index is 12.6. The smallest absolute Gasteiger partial charge is 0.336 e. The summed E-state index contributed by atoms with van der Waals surface area (Å²) in [6.45, 7) is 2.83. The Labute approximate surface area is 171 Å². The number of carbonyl (C=O) groups is 3. The molecule has 4 rings (SSSR count). The van der Waals surface area contributed by atoms with E-state index in [4.69, 9.17) is 9.15 Å². The van der Waals surface area contributed by atoms with Crippen LogP contribution in [0, 0.1) is 18.8 Å². The lowest BCUT2D eigenvalue weighted by Gasteiger charge is -2.21. The third-order valence-corrected chi connectivity index (χ3v) is 5.86. The first kappa shape index (κ1) is 19.9. The topological polar surface area (TPSA) is 114 Å². The molecule has 1 aromatic carbocycles. The number of aryl methyl sites for hydroxylation is 1. The monoisotopic (exact) mass is 411 g/mol. The van der Waals surface area contributed by atoms with E-state index in [-0.39, 0.29) is 29.8 Å². The molecule has 156 valence electrons. The molecule has 0 unspecified atom stereocenters. The molecule has 1 saturated heterocycles. The number of phenols is 1. The van der Waals surface area contributed by atoms with Crippen molar-refractivity contribution in [2.45, 2.75) is 39.3 Å². The number of fused-ring (bicyclic) bond motifs is 2. The van der Waals surface area contributed by atoms with E-state index in [9.17, 15) is 24.3 Å². The molecule has 2 amide bonds. The lowest BCUT2D eigenvalue weighted by atomic mass is 9.85. The van der Waals surface area contributed by atoms with Crippen LogP contribution in [0.4, 0.5) is 0 Å². The van der Waals surface area contributed by atoms with E-state index in [0.717, 1.165) is 4.90 Å². The Morgan fingerprint density at radius 2 is 1.83 bits per heavy atom. The second-order valence-electron chi connectivity index (χ2n) is 7.66. The highest BCUT2D eigenvalue weighted by Gasteiger charge is 2.50. The summed E-state index contributed by atoms with van der Waals surface area (Å²) >= 11 is 0. The maximum atomic E-state index is 12.6. The van der Waals surface area contributed by atoms with Gasteiger partial charge in [0.05, 0.1) is 11.8 Å². The van der Waals surface area contributed by atoms with E-state index >= 15 is 0 Å². The van der Waals surface area contributed by atoms with Crippen LogP contribution >= 0.6 is 0 Å². The number of hydrogen-bond donors (Lipinski definition) is 1. The average molecular weight is 411 g/mol. The number of carbonyl (C=O) groups excluding carboxylic acids is 3. The number of rotatable bonds is 4. The number of ether oxygens (including phenoxy) is 1. The number of amides is 2. The zero-order chi connectivity index (χ0) is 21.6. The zero-order valence-electron chi connectivity index (χ0n) is 16.6. The molecule has 30 heavy (non-hydrogen) atoms. The van der Waals surface area contributed by atoms with Crippen molar-refractivity contribution in [3.05, 3.63) is 51.9 Å². The lowest BCUT2D eigenvalue weighted by molar-refractivity contribution is -0.159. The molecule has 2 heterocycles. The van der Waals surface area contributed by atoms with E-state index < -0.39 is 29.5 Å². The highest BCUT2D eigenvalue weighted by atomic mass is 16.5.